The van der Waals surface area contributed by atoms with Gasteiger partial charge in [-0.25, -0.2) is 4.79 Å². The predicted octanol–water partition coefficient (Wildman–Crippen LogP) is 4.98. The Labute approximate surface area is 138 Å². The highest BCUT2D eigenvalue weighted by atomic mass is 16.5. The third kappa shape index (κ3) is 4.99. The maximum atomic E-state index is 11.9. The molecule has 0 amide bonds. The van der Waals surface area contributed by atoms with Crippen LogP contribution in [0.3, 0.4) is 0 Å². The second kappa shape index (κ2) is 8.79. The molecule has 0 aliphatic heterocycles. The molecule has 0 bridgehead atoms. The molecule has 0 aliphatic carbocycles. The van der Waals surface area contributed by atoms with E-state index in [4.69, 9.17) is 4.74 Å². The average Bonchev–Trinajstić information content (AvgIpc) is 2.61. The van der Waals surface area contributed by atoms with Gasteiger partial charge in [0.2, 0.25) is 0 Å². The van der Waals surface area contributed by atoms with Crippen LogP contribution in [0.15, 0.2) is 67.3 Å². The van der Waals surface area contributed by atoms with Crippen molar-refractivity contribution in [1.82, 2.24) is 0 Å². The fraction of sp³-hybridized carbons (Fsp3) is 0.250. The third-order valence-corrected chi connectivity index (χ3v) is 3.57. The van der Waals surface area contributed by atoms with Gasteiger partial charge in [-0.2, -0.15) is 0 Å². The summed E-state index contributed by atoms with van der Waals surface area (Å²) >= 11 is 0. The first-order chi connectivity index (χ1) is 11.2. The number of ether oxygens (including phenoxy) is 1. The Hall–Kier alpha value is -2.55. The number of nitrogens with one attached hydrogen (secondary N) is 1. The summed E-state index contributed by atoms with van der Waals surface area (Å²) in [5, 5.41) is 3.39. The standard InChI is InChI=1S/C20H23NO2/c1-3-5-15-23-20(22)17-11-13-18(14-12-17)21-19(4-2)16-9-7-6-8-10-16/h4,6-14,19,21H,2-3,5,15H2,1H3/t19-/m1/s1. The van der Waals surface area contributed by atoms with Gasteiger partial charge in [-0.05, 0) is 36.2 Å². The van der Waals surface area contributed by atoms with E-state index < -0.39 is 0 Å². The Morgan fingerprint density at radius 2 is 1.87 bits per heavy atom. The van der Waals surface area contributed by atoms with Gasteiger partial charge in [-0.1, -0.05) is 49.8 Å². The summed E-state index contributed by atoms with van der Waals surface area (Å²) in [4.78, 5) is 11.9. The molecule has 0 radical (unpaired) electrons. The first-order valence-electron chi connectivity index (χ1n) is 7.96. The Bertz CT molecular complexity index is 620. The van der Waals surface area contributed by atoms with Crippen LogP contribution in [-0.2, 0) is 4.74 Å². The van der Waals surface area contributed by atoms with Crippen LogP contribution in [0.2, 0.25) is 0 Å². The highest BCUT2D eigenvalue weighted by molar-refractivity contribution is 5.89. The number of benzene rings is 2. The van der Waals surface area contributed by atoms with Crippen molar-refractivity contribution in [2.75, 3.05) is 11.9 Å². The van der Waals surface area contributed by atoms with Gasteiger partial charge in [0.25, 0.3) is 0 Å². The summed E-state index contributed by atoms with van der Waals surface area (Å²) < 4.78 is 5.20. The van der Waals surface area contributed by atoms with Crippen LogP contribution in [0.5, 0.6) is 0 Å². The van der Waals surface area contributed by atoms with Crippen molar-refractivity contribution in [1.29, 1.82) is 0 Å². The molecule has 1 atom stereocenters. The number of carbonyl (C=O) groups is 1. The fourth-order valence-corrected chi connectivity index (χ4v) is 2.21. The molecule has 2 rings (SSSR count). The van der Waals surface area contributed by atoms with Crippen molar-refractivity contribution >= 4 is 11.7 Å². The lowest BCUT2D eigenvalue weighted by atomic mass is 10.1. The highest BCUT2D eigenvalue weighted by Gasteiger charge is 2.09. The molecule has 0 aromatic heterocycles. The van der Waals surface area contributed by atoms with Gasteiger partial charge >= 0.3 is 5.97 Å². The van der Waals surface area contributed by atoms with Gasteiger partial charge in [0, 0.05) is 5.69 Å². The molecule has 2 aromatic carbocycles. The van der Waals surface area contributed by atoms with Crippen molar-refractivity contribution in [3.8, 4) is 0 Å². The summed E-state index contributed by atoms with van der Waals surface area (Å²) in [6.45, 7) is 6.43. The Morgan fingerprint density at radius 3 is 2.48 bits per heavy atom. The van der Waals surface area contributed by atoms with E-state index in [0.29, 0.717) is 12.2 Å². The minimum atomic E-state index is -0.270. The van der Waals surface area contributed by atoms with Gasteiger partial charge in [-0.15, -0.1) is 6.58 Å². The van der Waals surface area contributed by atoms with Crippen molar-refractivity contribution in [3.63, 3.8) is 0 Å². The summed E-state index contributed by atoms with van der Waals surface area (Å²) in [7, 11) is 0. The minimum Gasteiger partial charge on any atom is -0.462 e. The van der Waals surface area contributed by atoms with E-state index in [1.54, 1.807) is 12.1 Å². The Balaban J connectivity index is 1.99. The molecule has 3 heteroatoms. The zero-order valence-corrected chi connectivity index (χ0v) is 13.5. The number of hydrogen-bond acceptors (Lipinski definition) is 3. The summed E-state index contributed by atoms with van der Waals surface area (Å²) in [6, 6.07) is 17.5. The van der Waals surface area contributed by atoms with Crippen LogP contribution >= 0.6 is 0 Å². The Kier molecular flexibility index (Phi) is 6.42. The third-order valence-electron chi connectivity index (χ3n) is 3.57. The zero-order valence-electron chi connectivity index (χ0n) is 13.5. The van der Waals surface area contributed by atoms with Crippen LogP contribution in [0.4, 0.5) is 5.69 Å². The van der Waals surface area contributed by atoms with Gasteiger partial charge < -0.3 is 10.1 Å². The van der Waals surface area contributed by atoms with E-state index >= 15 is 0 Å². The smallest absolute Gasteiger partial charge is 0.338 e. The average molecular weight is 309 g/mol. The molecular weight excluding hydrogens is 286 g/mol. The Morgan fingerprint density at radius 1 is 1.17 bits per heavy atom. The van der Waals surface area contributed by atoms with Crippen LogP contribution in [0.25, 0.3) is 0 Å². The molecule has 0 saturated heterocycles. The maximum absolute atomic E-state index is 11.9. The fourth-order valence-electron chi connectivity index (χ4n) is 2.21. The first kappa shape index (κ1) is 16.8. The summed E-state index contributed by atoms with van der Waals surface area (Å²) in [6.07, 6.45) is 3.77. The maximum Gasteiger partial charge on any atom is 0.338 e. The quantitative estimate of drug-likeness (QED) is 0.424. The topological polar surface area (TPSA) is 38.3 Å². The molecule has 120 valence electrons. The number of anilines is 1. The second-order valence-corrected chi connectivity index (χ2v) is 5.34. The number of rotatable bonds is 8. The number of carbonyl (C=O) groups excluding carboxylic acids is 1. The molecule has 0 unspecified atom stereocenters. The summed E-state index contributed by atoms with van der Waals surface area (Å²) in [5.41, 5.74) is 2.65. The van der Waals surface area contributed by atoms with Gasteiger partial charge in [0.05, 0.1) is 18.2 Å². The number of unbranched alkanes of at least 4 members (excludes halogenated alkanes) is 1. The molecule has 0 saturated carbocycles. The van der Waals surface area contributed by atoms with Gasteiger partial charge in [0.15, 0.2) is 0 Å². The second-order valence-electron chi connectivity index (χ2n) is 5.34. The largest absolute Gasteiger partial charge is 0.462 e. The lowest BCUT2D eigenvalue weighted by molar-refractivity contribution is 0.0500. The predicted molar refractivity (Wildman–Crippen MR) is 94.6 cm³/mol. The molecule has 0 aliphatic rings. The van der Waals surface area contributed by atoms with Crippen LogP contribution < -0.4 is 5.32 Å². The van der Waals surface area contributed by atoms with Gasteiger partial charge in [0.1, 0.15) is 0 Å². The number of hydrogen-bond donors (Lipinski definition) is 1. The van der Waals surface area contributed by atoms with E-state index in [0.717, 1.165) is 24.1 Å². The van der Waals surface area contributed by atoms with E-state index in [-0.39, 0.29) is 12.0 Å². The molecule has 23 heavy (non-hydrogen) atoms. The van der Waals surface area contributed by atoms with Crippen molar-refractivity contribution < 1.29 is 9.53 Å². The zero-order chi connectivity index (χ0) is 16.5. The molecule has 0 spiro atoms. The molecule has 3 nitrogen and oxygen atoms in total. The lowest BCUT2D eigenvalue weighted by Gasteiger charge is -2.16. The molecule has 0 fully saturated rings. The number of esters is 1. The van der Waals surface area contributed by atoms with Crippen molar-refractivity contribution in [2.24, 2.45) is 0 Å². The molecule has 0 heterocycles. The van der Waals surface area contributed by atoms with Crippen molar-refractivity contribution in [3.05, 3.63) is 78.4 Å². The van der Waals surface area contributed by atoms with Crippen molar-refractivity contribution in [2.45, 2.75) is 25.8 Å². The SMILES string of the molecule is C=C[C@@H](Nc1ccc(C(=O)OCCCC)cc1)c1ccccc1. The molecule has 1 N–H and O–H groups in total. The van der Waals surface area contributed by atoms with Crippen LogP contribution in [0, 0.1) is 0 Å². The van der Waals surface area contributed by atoms with E-state index in [2.05, 4.69) is 31.0 Å². The van der Waals surface area contributed by atoms with Crippen LogP contribution in [0.1, 0.15) is 41.7 Å². The summed E-state index contributed by atoms with van der Waals surface area (Å²) in [5.74, 6) is -0.270. The molecule has 2 aromatic rings. The van der Waals surface area contributed by atoms with E-state index in [1.807, 2.05) is 36.4 Å². The normalized spacial score (nSPS) is 11.5. The lowest BCUT2D eigenvalue weighted by Crippen LogP contribution is -2.09. The monoisotopic (exact) mass is 309 g/mol. The minimum absolute atomic E-state index is 0.0264. The highest BCUT2D eigenvalue weighted by Crippen LogP contribution is 2.21. The van der Waals surface area contributed by atoms with E-state index in [1.165, 1.54) is 0 Å². The van der Waals surface area contributed by atoms with Crippen LogP contribution in [-0.4, -0.2) is 12.6 Å². The molecular formula is C20H23NO2. The van der Waals surface area contributed by atoms with E-state index in [9.17, 15) is 4.79 Å². The first-order valence-corrected chi connectivity index (χ1v) is 7.96. The van der Waals surface area contributed by atoms with Gasteiger partial charge in [-0.3, -0.25) is 0 Å².